The van der Waals surface area contributed by atoms with Gasteiger partial charge in [0.1, 0.15) is 0 Å². The van der Waals surface area contributed by atoms with Gasteiger partial charge in [0, 0.05) is 24.7 Å². The summed E-state index contributed by atoms with van der Waals surface area (Å²) >= 11 is 0. The van der Waals surface area contributed by atoms with Crippen LogP contribution in [0.1, 0.15) is 31.9 Å². The number of nitro benzene ring substituents is 1. The lowest BCUT2D eigenvalue weighted by Crippen LogP contribution is -2.22. The summed E-state index contributed by atoms with van der Waals surface area (Å²) in [5.41, 5.74) is 2.13. The summed E-state index contributed by atoms with van der Waals surface area (Å²) in [6, 6.07) is 6.89. The van der Waals surface area contributed by atoms with Gasteiger partial charge >= 0.3 is 0 Å². The summed E-state index contributed by atoms with van der Waals surface area (Å²) in [6.45, 7) is 8.56. The molecule has 0 bridgehead atoms. The third kappa shape index (κ3) is 4.00. The molecular formula is C13H18N2O2. The van der Waals surface area contributed by atoms with E-state index in [1.165, 1.54) is 6.07 Å². The molecule has 0 aliphatic heterocycles. The van der Waals surface area contributed by atoms with Crippen molar-refractivity contribution in [2.75, 3.05) is 6.54 Å². The Labute approximate surface area is 101 Å². The van der Waals surface area contributed by atoms with Crippen LogP contribution in [0.15, 0.2) is 36.4 Å². The van der Waals surface area contributed by atoms with E-state index in [9.17, 15) is 10.1 Å². The Kier molecular flexibility index (Phi) is 4.84. The maximum atomic E-state index is 10.7. The van der Waals surface area contributed by atoms with Gasteiger partial charge in [0.15, 0.2) is 0 Å². The van der Waals surface area contributed by atoms with Crippen molar-refractivity contribution in [2.45, 2.75) is 26.3 Å². The molecule has 0 aromatic heterocycles. The highest BCUT2D eigenvalue weighted by Crippen LogP contribution is 2.21. The fourth-order valence-electron chi connectivity index (χ4n) is 1.65. The van der Waals surface area contributed by atoms with Gasteiger partial charge in [-0.3, -0.25) is 10.1 Å². The summed E-state index contributed by atoms with van der Waals surface area (Å²) in [5.74, 6) is 0. The van der Waals surface area contributed by atoms with Gasteiger partial charge in [-0.25, -0.2) is 0 Å². The van der Waals surface area contributed by atoms with E-state index in [4.69, 9.17) is 0 Å². The molecule has 92 valence electrons. The third-order valence-corrected chi connectivity index (χ3v) is 2.54. The minimum Gasteiger partial charge on any atom is -0.306 e. The van der Waals surface area contributed by atoms with Crippen molar-refractivity contribution in [2.24, 2.45) is 0 Å². The zero-order chi connectivity index (χ0) is 12.8. The largest absolute Gasteiger partial charge is 0.306 e. The number of rotatable bonds is 6. The third-order valence-electron chi connectivity index (χ3n) is 2.54. The van der Waals surface area contributed by atoms with E-state index < -0.39 is 0 Å². The summed E-state index contributed by atoms with van der Waals surface area (Å²) in [5, 5.41) is 14.0. The quantitative estimate of drug-likeness (QED) is 0.467. The van der Waals surface area contributed by atoms with Crippen molar-refractivity contribution in [3.8, 4) is 0 Å². The second-order valence-corrected chi connectivity index (χ2v) is 4.15. The van der Waals surface area contributed by atoms with Crippen molar-refractivity contribution in [3.63, 3.8) is 0 Å². The van der Waals surface area contributed by atoms with Gasteiger partial charge < -0.3 is 5.32 Å². The number of nitrogens with zero attached hydrogens (tertiary/aromatic N) is 1. The van der Waals surface area contributed by atoms with Crippen LogP contribution < -0.4 is 5.32 Å². The average Bonchev–Trinajstić information content (AvgIpc) is 2.30. The van der Waals surface area contributed by atoms with Gasteiger partial charge in [-0.15, -0.1) is 0 Å². The van der Waals surface area contributed by atoms with Gasteiger partial charge in [-0.05, 0) is 18.9 Å². The monoisotopic (exact) mass is 234 g/mol. The molecule has 1 rings (SSSR count). The van der Waals surface area contributed by atoms with Crippen molar-refractivity contribution in [3.05, 3.63) is 52.1 Å². The number of hydrogen-bond donors (Lipinski definition) is 1. The van der Waals surface area contributed by atoms with E-state index in [2.05, 4.69) is 18.8 Å². The Morgan fingerprint density at radius 1 is 1.59 bits per heavy atom. The van der Waals surface area contributed by atoms with Crippen molar-refractivity contribution in [1.29, 1.82) is 0 Å². The second-order valence-electron chi connectivity index (χ2n) is 4.15. The SMILES string of the molecule is C=C(C)CNC(CC)c1cccc([N+](=O)[O-])c1. The molecule has 0 aliphatic carbocycles. The summed E-state index contributed by atoms with van der Waals surface area (Å²) in [4.78, 5) is 10.3. The molecule has 0 radical (unpaired) electrons. The molecule has 0 amide bonds. The van der Waals surface area contributed by atoms with Gasteiger partial charge in [0.05, 0.1) is 4.92 Å². The van der Waals surface area contributed by atoms with Crippen molar-refractivity contribution < 1.29 is 4.92 Å². The molecule has 4 nitrogen and oxygen atoms in total. The number of non-ortho nitro benzene ring substituents is 1. The molecule has 1 N–H and O–H groups in total. The minimum atomic E-state index is -0.366. The lowest BCUT2D eigenvalue weighted by atomic mass is 10.0. The Morgan fingerprint density at radius 3 is 2.82 bits per heavy atom. The van der Waals surface area contributed by atoms with Crippen LogP contribution in [0, 0.1) is 10.1 Å². The highest BCUT2D eigenvalue weighted by Gasteiger charge is 2.12. The second kappa shape index (κ2) is 6.15. The summed E-state index contributed by atoms with van der Waals surface area (Å²) in [6.07, 6.45) is 0.883. The topological polar surface area (TPSA) is 55.2 Å². The first-order chi connectivity index (χ1) is 8.04. The smallest absolute Gasteiger partial charge is 0.269 e. The summed E-state index contributed by atoms with van der Waals surface area (Å²) < 4.78 is 0. The van der Waals surface area contributed by atoms with E-state index in [-0.39, 0.29) is 16.7 Å². The number of benzene rings is 1. The molecule has 0 aliphatic rings. The maximum absolute atomic E-state index is 10.7. The predicted octanol–water partition coefficient (Wildman–Crippen LogP) is 3.21. The zero-order valence-corrected chi connectivity index (χ0v) is 10.3. The molecule has 1 atom stereocenters. The Hall–Kier alpha value is -1.68. The summed E-state index contributed by atoms with van der Waals surface area (Å²) in [7, 11) is 0. The number of hydrogen-bond acceptors (Lipinski definition) is 3. The first-order valence-corrected chi connectivity index (χ1v) is 5.66. The lowest BCUT2D eigenvalue weighted by Gasteiger charge is -2.17. The van der Waals surface area contributed by atoms with E-state index >= 15 is 0 Å². The highest BCUT2D eigenvalue weighted by molar-refractivity contribution is 5.35. The zero-order valence-electron chi connectivity index (χ0n) is 10.3. The van der Waals surface area contributed by atoms with Crippen LogP contribution in [0.4, 0.5) is 5.69 Å². The first-order valence-electron chi connectivity index (χ1n) is 5.66. The van der Waals surface area contributed by atoms with Gasteiger partial charge in [-0.2, -0.15) is 0 Å². The molecule has 1 unspecified atom stereocenters. The van der Waals surface area contributed by atoms with Gasteiger partial charge in [0.2, 0.25) is 0 Å². The van der Waals surface area contributed by atoms with Crippen LogP contribution in [0.25, 0.3) is 0 Å². The van der Waals surface area contributed by atoms with E-state index in [1.54, 1.807) is 12.1 Å². The Morgan fingerprint density at radius 2 is 2.29 bits per heavy atom. The highest BCUT2D eigenvalue weighted by atomic mass is 16.6. The molecule has 0 saturated heterocycles. The minimum absolute atomic E-state index is 0.131. The van der Waals surface area contributed by atoms with Crippen LogP contribution in [-0.4, -0.2) is 11.5 Å². The van der Waals surface area contributed by atoms with E-state index in [0.29, 0.717) is 0 Å². The van der Waals surface area contributed by atoms with Gasteiger partial charge in [-0.1, -0.05) is 31.2 Å². The normalized spacial score (nSPS) is 12.1. The van der Waals surface area contributed by atoms with Crippen molar-refractivity contribution in [1.82, 2.24) is 5.32 Å². The molecular weight excluding hydrogens is 216 g/mol. The first kappa shape index (κ1) is 13.4. The number of nitro groups is 1. The fourth-order valence-corrected chi connectivity index (χ4v) is 1.65. The maximum Gasteiger partial charge on any atom is 0.269 e. The average molecular weight is 234 g/mol. The molecule has 4 heteroatoms. The van der Waals surface area contributed by atoms with Crippen LogP contribution in [0.2, 0.25) is 0 Å². The molecule has 1 aromatic carbocycles. The fraction of sp³-hybridized carbons (Fsp3) is 0.385. The van der Waals surface area contributed by atoms with Crippen LogP contribution in [0.5, 0.6) is 0 Å². The molecule has 0 spiro atoms. The molecule has 1 aromatic rings. The molecule has 17 heavy (non-hydrogen) atoms. The molecule has 0 saturated carbocycles. The Bertz CT molecular complexity index is 416. The standard InChI is InChI=1S/C13H18N2O2/c1-4-13(14-9-10(2)3)11-6-5-7-12(8-11)15(16)17/h5-8,13-14H,2,4,9H2,1,3H3. The van der Waals surface area contributed by atoms with E-state index in [1.807, 2.05) is 13.0 Å². The predicted molar refractivity (Wildman–Crippen MR) is 68.9 cm³/mol. The van der Waals surface area contributed by atoms with Crippen molar-refractivity contribution >= 4 is 5.69 Å². The Balaban J connectivity index is 2.84. The number of nitrogens with one attached hydrogen (secondary N) is 1. The van der Waals surface area contributed by atoms with E-state index in [0.717, 1.165) is 24.1 Å². The van der Waals surface area contributed by atoms with Gasteiger partial charge in [0.25, 0.3) is 5.69 Å². The van der Waals surface area contributed by atoms with Crippen LogP contribution in [-0.2, 0) is 0 Å². The lowest BCUT2D eigenvalue weighted by molar-refractivity contribution is -0.384. The molecule has 0 heterocycles. The van der Waals surface area contributed by atoms with Crippen LogP contribution >= 0.6 is 0 Å². The van der Waals surface area contributed by atoms with Crippen LogP contribution in [0.3, 0.4) is 0 Å². The molecule has 0 fully saturated rings.